The summed E-state index contributed by atoms with van der Waals surface area (Å²) in [4.78, 5) is 12.8. The van der Waals surface area contributed by atoms with Crippen LogP contribution >= 0.6 is 23.4 Å². The molecule has 1 aromatic heterocycles. The number of rotatable bonds is 5. The summed E-state index contributed by atoms with van der Waals surface area (Å²) in [5.74, 6) is 0.422. The highest BCUT2D eigenvalue weighted by Gasteiger charge is 2.25. The average molecular weight is 478 g/mol. The van der Waals surface area contributed by atoms with Crippen LogP contribution < -0.4 is 11.5 Å². The lowest BCUT2D eigenvalue weighted by molar-refractivity contribution is -0.136. The Morgan fingerprint density at radius 1 is 1.18 bits per heavy atom. The molecule has 0 aliphatic carbocycles. The predicted molar refractivity (Wildman–Crippen MR) is 137 cm³/mol. The van der Waals surface area contributed by atoms with Gasteiger partial charge in [-0.15, -0.1) is 11.8 Å². The van der Waals surface area contributed by atoms with E-state index in [0.717, 1.165) is 50.5 Å². The molecule has 1 atom stereocenters. The molecular weight excluding hydrogens is 454 g/mol. The van der Waals surface area contributed by atoms with E-state index in [1.165, 1.54) is 10.5 Å². The van der Waals surface area contributed by atoms with E-state index >= 15 is 0 Å². The molecule has 0 spiro atoms. The summed E-state index contributed by atoms with van der Waals surface area (Å²) >= 11 is 8.11. The van der Waals surface area contributed by atoms with Gasteiger partial charge in [0.05, 0.1) is 6.42 Å². The molecule has 7 heteroatoms. The summed E-state index contributed by atoms with van der Waals surface area (Å²) in [6.07, 6.45) is 1.96. The number of aromatic nitrogens is 1. The molecule has 2 heterocycles. The van der Waals surface area contributed by atoms with E-state index in [9.17, 15) is 9.90 Å². The molecule has 0 saturated carbocycles. The number of carboxylic acids is 1. The fourth-order valence-corrected chi connectivity index (χ4v) is 6.09. The average Bonchev–Trinajstić information content (AvgIpc) is 3.31. The van der Waals surface area contributed by atoms with Crippen molar-refractivity contribution in [1.82, 2.24) is 4.57 Å². The first kappa shape index (κ1) is 21.7. The molecule has 5 N–H and O–H groups in total. The van der Waals surface area contributed by atoms with Crippen LogP contribution in [0.15, 0.2) is 59.6 Å². The lowest BCUT2D eigenvalue weighted by Gasteiger charge is -2.15. The monoisotopic (exact) mass is 477 g/mol. The molecule has 0 radical (unpaired) electrons. The van der Waals surface area contributed by atoms with Gasteiger partial charge in [0.1, 0.15) is 0 Å². The highest BCUT2D eigenvalue weighted by atomic mass is 35.5. The minimum absolute atomic E-state index is 0.0189. The zero-order valence-electron chi connectivity index (χ0n) is 18.1. The third-order valence-electron chi connectivity index (χ3n) is 6.36. The number of aliphatic carboxylic acids is 1. The third kappa shape index (κ3) is 4.05. The van der Waals surface area contributed by atoms with Crippen molar-refractivity contribution in [2.75, 3.05) is 17.2 Å². The van der Waals surface area contributed by atoms with E-state index in [4.69, 9.17) is 23.1 Å². The van der Waals surface area contributed by atoms with Crippen LogP contribution in [0.25, 0.3) is 22.0 Å². The molecule has 0 bridgehead atoms. The third-order valence-corrected chi connectivity index (χ3v) is 7.84. The zero-order chi connectivity index (χ0) is 23.3. The summed E-state index contributed by atoms with van der Waals surface area (Å²) in [7, 11) is 0. The fourth-order valence-electron chi connectivity index (χ4n) is 4.69. The van der Waals surface area contributed by atoms with E-state index < -0.39 is 5.97 Å². The van der Waals surface area contributed by atoms with E-state index in [-0.39, 0.29) is 6.42 Å². The number of nitrogens with two attached hydrogens (primary N) is 2. The number of carbonyl (C=O) groups is 1. The van der Waals surface area contributed by atoms with Crippen molar-refractivity contribution < 1.29 is 9.90 Å². The number of nitrogens with zero attached hydrogens (tertiary/aromatic N) is 1. The second kappa shape index (κ2) is 8.36. The minimum Gasteiger partial charge on any atom is -0.481 e. The van der Waals surface area contributed by atoms with Gasteiger partial charge in [0.25, 0.3) is 0 Å². The van der Waals surface area contributed by atoms with Gasteiger partial charge in [-0.05, 0) is 71.1 Å². The van der Waals surface area contributed by atoms with Gasteiger partial charge in [-0.25, -0.2) is 0 Å². The SMILES string of the molecule is Cc1c(N)cc(N)cc1-c1ccc2c(CC(=O)O)cn(CC3CSc4ccc(Cl)cc43)c2c1. The highest BCUT2D eigenvalue weighted by Crippen LogP contribution is 2.42. The summed E-state index contributed by atoms with van der Waals surface area (Å²) in [6.45, 7) is 2.73. The smallest absolute Gasteiger partial charge is 0.307 e. The van der Waals surface area contributed by atoms with Gasteiger partial charge in [0, 0.05) is 56.6 Å². The predicted octanol–water partition coefficient (Wildman–Crippen LogP) is 5.95. The second-order valence-corrected chi connectivity index (χ2v) is 10.1. The van der Waals surface area contributed by atoms with Crippen LogP contribution in [0, 0.1) is 6.92 Å². The van der Waals surface area contributed by atoms with Crippen LogP contribution in [-0.4, -0.2) is 21.4 Å². The molecular formula is C26H24ClN3O2S. The summed E-state index contributed by atoms with van der Waals surface area (Å²) in [6, 6.07) is 15.9. The van der Waals surface area contributed by atoms with Crippen LogP contribution in [0.4, 0.5) is 11.4 Å². The quantitative estimate of drug-likeness (QED) is 0.309. The minimum atomic E-state index is -0.842. The molecule has 5 nitrogen and oxygen atoms in total. The first-order valence-electron chi connectivity index (χ1n) is 10.7. The maximum Gasteiger partial charge on any atom is 0.307 e. The molecule has 0 saturated heterocycles. The number of fused-ring (bicyclic) bond motifs is 2. The molecule has 3 aromatic carbocycles. The van der Waals surface area contributed by atoms with Crippen molar-refractivity contribution in [3.8, 4) is 11.1 Å². The van der Waals surface area contributed by atoms with E-state index in [2.05, 4.69) is 22.8 Å². The lowest BCUT2D eigenvalue weighted by Crippen LogP contribution is -2.08. The number of nitrogen functional groups attached to an aromatic ring is 2. The summed E-state index contributed by atoms with van der Waals surface area (Å²) in [5, 5.41) is 11.1. The number of halogens is 1. The number of anilines is 2. The van der Waals surface area contributed by atoms with Gasteiger partial charge < -0.3 is 21.1 Å². The van der Waals surface area contributed by atoms with Crippen molar-refractivity contribution in [3.63, 3.8) is 0 Å². The molecule has 168 valence electrons. The van der Waals surface area contributed by atoms with Crippen molar-refractivity contribution in [2.45, 2.75) is 30.7 Å². The molecule has 1 unspecified atom stereocenters. The molecule has 0 amide bonds. The van der Waals surface area contributed by atoms with Crippen molar-refractivity contribution in [2.24, 2.45) is 0 Å². The van der Waals surface area contributed by atoms with Gasteiger partial charge in [-0.1, -0.05) is 23.7 Å². The van der Waals surface area contributed by atoms with Crippen LogP contribution in [0.5, 0.6) is 0 Å². The topological polar surface area (TPSA) is 94.3 Å². The first-order valence-corrected chi connectivity index (χ1v) is 12.1. The van der Waals surface area contributed by atoms with E-state index in [1.807, 2.05) is 49.1 Å². The van der Waals surface area contributed by atoms with Gasteiger partial charge in [0.2, 0.25) is 0 Å². The van der Waals surface area contributed by atoms with E-state index in [0.29, 0.717) is 17.3 Å². The zero-order valence-corrected chi connectivity index (χ0v) is 19.7. The Hall–Kier alpha value is -3.09. The van der Waals surface area contributed by atoms with Crippen LogP contribution in [-0.2, 0) is 17.8 Å². The summed E-state index contributed by atoms with van der Waals surface area (Å²) < 4.78 is 2.18. The Labute approximate surface area is 201 Å². The molecule has 33 heavy (non-hydrogen) atoms. The molecule has 5 rings (SSSR count). The molecule has 4 aromatic rings. The Bertz CT molecular complexity index is 1410. The number of carboxylic acid groups (broad SMARTS) is 1. The van der Waals surface area contributed by atoms with Crippen molar-refractivity contribution in [1.29, 1.82) is 0 Å². The Kier molecular flexibility index (Phi) is 5.51. The second-order valence-electron chi connectivity index (χ2n) is 8.58. The normalized spacial score (nSPS) is 15.2. The first-order chi connectivity index (χ1) is 15.8. The van der Waals surface area contributed by atoms with Gasteiger partial charge >= 0.3 is 5.97 Å². The molecule has 1 aliphatic rings. The molecule has 0 fully saturated rings. The highest BCUT2D eigenvalue weighted by molar-refractivity contribution is 7.99. The van der Waals surface area contributed by atoms with Gasteiger partial charge in [0.15, 0.2) is 0 Å². The van der Waals surface area contributed by atoms with Gasteiger partial charge in [-0.3, -0.25) is 4.79 Å². The van der Waals surface area contributed by atoms with Gasteiger partial charge in [-0.2, -0.15) is 0 Å². The van der Waals surface area contributed by atoms with Crippen molar-refractivity contribution in [3.05, 3.63) is 76.4 Å². The largest absolute Gasteiger partial charge is 0.481 e. The Morgan fingerprint density at radius 3 is 2.79 bits per heavy atom. The Balaban J connectivity index is 1.62. The maximum atomic E-state index is 11.5. The number of hydrogen-bond acceptors (Lipinski definition) is 4. The lowest BCUT2D eigenvalue weighted by atomic mass is 9.97. The standard InChI is InChI=1S/C26H24ClN3O2S/c1-14-21(9-19(28)10-23(14)29)15-2-4-20-16(7-26(31)32)11-30(24(20)6-15)12-17-13-33-25-5-3-18(27)8-22(17)25/h2-6,8-11,17H,7,12-13,28-29H2,1H3,(H,31,32). The maximum absolute atomic E-state index is 11.5. The van der Waals surface area contributed by atoms with E-state index in [1.54, 1.807) is 6.07 Å². The number of hydrogen-bond donors (Lipinski definition) is 3. The number of thioether (sulfide) groups is 1. The summed E-state index contributed by atoms with van der Waals surface area (Å²) in [5.41, 5.74) is 19.5. The Morgan fingerprint density at radius 2 is 2.00 bits per heavy atom. The number of benzene rings is 3. The van der Waals surface area contributed by atoms with Crippen molar-refractivity contribution >= 4 is 51.6 Å². The van der Waals surface area contributed by atoms with Crippen LogP contribution in [0.1, 0.15) is 22.6 Å². The van der Waals surface area contributed by atoms with Crippen LogP contribution in [0.3, 0.4) is 0 Å². The molecule has 1 aliphatic heterocycles. The van der Waals surface area contributed by atoms with Crippen LogP contribution in [0.2, 0.25) is 5.02 Å². The fraction of sp³-hybridized carbons (Fsp3) is 0.192.